The smallest absolute Gasteiger partial charge is 0.330 e. The van der Waals surface area contributed by atoms with Crippen LogP contribution in [0.4, 0.5) is 0 Å². The summed E-state index contributed by atoms with van der Waals surface area (Å²) in [5.41, 5.74) is 2.30. The first kappa shape index (κ1) is 29.0. The van der Waals surface area contributed by atoms with E-state index in [1.165, 1.54) is 11.6 Å². The summed E-state index contributed by atoms with van der Waals surface area (Å²) in [7, 11) is 1.60. The third kappa shape index (κ3) is 8.75. The van der Waals surface area contributed by atoms with Crippen molar-refractivity contribution in [1.29, 1.82) is 0 Å². The van der Waals surface area contributed by atoms with Crippen LogP contribution in [0, 0.1) is 5.92 Å². The molecule has 9 atom stereocenters. The lowest BCUT2D eigenvalue weighted by Crippen LogP contribution is -2.34. The molecule has 4 aliphatic rings. The van der Waals surface area contributed by atoms with Crippen LogP contribution in [0.25, 0.3) is 0 Å². The van der Waals surface area contributed by atoms with Crippen molar-refractivity contribution in [1.82, 2.24) is 0 Å². The molecule has 38 heavy (non-hydrogen) atoms. The van der Waals surface area contributed by atoms with E-state index < -0.39 is 24.3 Å². The molecule has 210 valence electrons. The maximum atomic E-state index is 12.8. The van der Waals surface area contributed by atoms with Gasteiger partial charge in [-0.15, -0.1) is 0 Å². The van der Waals surface area contributed by atoms with Crippen LogP contribution in [-0.4, -0.2) is 73.6 Å². The van der Waals surface area contributed by atoms with Crippen LogP contribution in [0.5, 0.6) is 0 Å². The topological polar surface area (TPSA) is 86.8 Å². The fourth-order valence-corrected chi connectivity index (χ4v) is 5.67. The number of ether oxygens (including phenoxy) is 5. The molecule has 1 saturated heterocycles. The SMILES string of the molecule is C=C1C[C@H](C)C[C@@H]2CC=C[C@@H](CC=CC(=O)O[C@H]([C@H](C=C[C@@H]3CC(C)=CCO3)OC)C[C@@H]3OC3[C@@H](O)C1)O2. The number of esters is 1. The fourth-order valence-electron chi connectivity index (χ4n) is 5.67. The number of hydrogen-bond acceptors (Lipinski definition) is 7. The predicted octanol–water partition coefficient (Wildman–Crippen LogP) is 4.76. The van der Waals surface area contributed by atoms with Gasteiger partial charge in [-0.05, 0) is 51.4 Å². The van der Waals surface area contributed by atoms with Crippen molar-refractivity contribution in [2.24, 2.45) is 5.92 Å². The zero-order chi connectivity index (χ0) is 27.1. The van der Waals surface area contributed by atoms with Crippen molar-refractivity contribution < 1.29 is 33.6 Å². The Kier molecular flexibility index (Phi) is 10.6. The minimum Gasteiger partial charge on any atom is -0.456 e. The zero-order valence-electron chi connectivity index (χ0n) is 23.0. The summed E-state index contributed by atoms with van der Waals surface area (Å²) in [5, 5.41) is 10.8. The Morgan fingerprint density at radius 1 is 1.16 bits per heavy atom. The average molecular weight is 529 g/mol. The number of aliphatic hydroxyl groups excluding tert-OH is 1. The molecule has 0 aromatic heterocycles. The van der Waals surface area contributed by atoms with E-state index in [1.54, 1.807) is 7.11 Å². The van der Waals surface area contributed by atoms with Crippen molar-refractivity contribution in [3.63, 3.8) is 0 Å². The van der Waals surface area contributed by atoms with Gasteiger partial charge in [0.15, 0.2) is 0 Å². The van der Waals surface area contributed by atoms with Gasteiger partial charge in [0.2, 0.25) is 0 Å². The van der Waals surface area contributed by atoms with Gasteiger partial charge in [0.25, 0.3) is 0 Å². The Morgan fingerprint density at radius 2 is 2.00 bits per heavy atom. The number of methoxy groups -OCH3 is 1. The molecule has 4 heterocycles. The van der Waals surface area contributed by atoms with E-state index in [1.807, 2.05) is 18.2 Å². The fraction of sp³-hybridized carbons (Fsp3) is 0.645. The van der Waals surface area contributed by atoms with Gasteiger partial charge in [0.05, 0.1) is 37.1 Å². The largest absolute Gasteiger partial charge is 0.456 e. The quantitative estimate of drug-likeness (QED) is 0.320. The molecular formula is C31H44O7. The summed E-state index contributed by atoms with van der Waals surface area (Å²) in [6, 6.07) is 0. The molecule has 4 rings (SSSR count). The lowest BCUT2D eigenvalue weighted by molar-refractivity contribution is -0.149. The molecule has 0 spiro atoms. The standard InChI is InChI=1S/C31H44O7/c1-20-13-14-35-24(16-20)11-12-27(34-4)28-19-29-31(38-29)26(32)18-22(3)15-21(2)17-25-9-5-7-23(36-25)8-6-10-30(33)37-28/h5-7,10-13,21,23-29,31-32H,3,8-9,14-19H2,1-2,4H3/t21-,23-,24+,25-,26-,27-,28-,29-,31?/m0/s1. The number of fused-ring (bicyclic) bond motifs is 3. The second kappa shape index (κ2) is 13.9. The zero-order valence-corrected chi connectivity index (χ0v) is 23.0. The third-order valence-electron chi connectivity index (χ3n) is 7.69. The molecule has 0 amide bonds. The van der Waals surface area contributed by atoms with Crippen LogP contribution < -0.4 is 0 Å². The first-order chi connectivity index (χ1) is 18.3. The van der Waals surface area contributed by atoms with Crippen molar-refractivity contribution in [2.45, 2.75) is 108 Å². The highest BCUT2D eigenvalue weighted by Crippen LogP contribution is 2.35. The molecule has 1 N–H and O–H groups in total. The van der Waals surface area contributed by atoms with Gasteiger partial charge in [-0.3, -0.25) is 0 Å². The van der Waals surface area contributed by atoms with Crippen LogP contribution in [0.3, 0.4) is 0 Å². The second-order valence-corrected chi connectivity index (χ2v) is 11.2. The van der Waals surface area contributed by atoms with Crippen LogP contribution in [0.2, 0.25) is 0 Å². The van der Waals surface area contributed by atoms with Gasteiger partial charge < -0.3 is 28.8 Å². The van der Waals surface area contributed by atoms with Gasteiger partial charge in [-0.1, -0.05) is 61.1 Å². The van der Waals surface area contributed by atoms with E-state index in [9.17, 15) is 9.90 Å². The molecule has 0 saturated carbocycles. The van der Waals surface area contributed by atoms with E-state index in [0.29, 0.717) is 31.8 Å². The number of cyclic esters (lactones) is 1. The predicted molar refractivity (Wildman–Crippen MR) is 146 cm³/mol. The van der Waals surface area contributed by atoms with Crippen LogP contribution in [-0.2, 0) is 28.5 Å². The first-order valence-corrected chi connectivity index (χ1v) is 14.0. The van der Waals surface area contributed by atoms with Crippen molar-refractivity contribution in [3.05, 3.63) is 60.3 Å². The van der Waals surface area contributed by atoms with Gasteiger partial charge in [-0.25, -0.2) is 4.79 Å². The van der Waals surface area contributed by atoms with Gasteiger partial charge in [-0.2, -0.15) is 0 Å². The number of epoxide rings is 1. The molecule has 1 fully saturated rings. The summed E-state index contributed by atoms with van der Waals surface area (Å²) < 4.78 is 29.6. The molecule has 0 aromatic rings. The maximum Gasteiger partial charge on any atom is 0.330 e. The minimum absolute atomic E-state index is 0.0417. The lowest BCUT2D eigenvalue weighted by atomic mass is 9.91. The first-order valence-electron chi connectivity index (χ1n) is 14.0. The third-order valence-corrected chi connectivity index (χ3v) is 7.69. The summed E-state index contributed by atoms with van der Waals surface area (Å²) in [5.74, 6) is -0.0337. The maximum absolute atomic E-state index is 12.8. The normalized spacial score (nSPS) is 38.1. The van der Waals surface area contributed by atoms with Crippen molar-refractivity contribution in [3.8, 4) is 0 Å². The molecule has 0 aromatic carbocycles. The van der Waals surface area contributed by atoms with Gasteiger partial charge >= 0.3 is 5.97 Å². The molecule has 0 radical (unpaired) electrons. The highest BCUT2D eigenvalue weighted by atomic mass is 16.6. The molecule has 7 nitrogen and oxygen atoms in total. The molecule has 1 unspecified atom stereocenters. The summed E-state index contributed by atoms with van der Waals surface area (Å²) in [6.45, 7) is 9.11. The molecular weight excluding hydrogens is 484 g/mol. The van der Waals surface area contributed by atoms with E-state index in [2.05, 4.69) is 38.7 Å². The van der Waals surface area contributed by atoms with Crippen LogP contribution in [0.1, 0.15) is 58.8 Å². The van der Waals surface area contributed by atoms with E-state index >= 15 is 0 Å². The number of carbonyl (C=O) groups is 1. The molecule has 4 aliphatic heterocycles. The number of rotatable bonds is 4. The average Bonchev–Trinajstić information content (AvgIpc) is 3.63. The highest BCUT2D eigenvalue weighted by Gasteiger charge is 2.47. The Labute approximate surface area is 227 Å². The number of aliphatic hydroxyl groups is 1. The molecule has 2 bridgehead atoms. The Hall–Kier alpha value is -2.03. The molecule has 7 heteroatoms. The van der Waals surface area contributed by atoms with E-state index in [-0.39, 0.29) is 30.5 Å². The summed E-state index contributed by atoms with van der Waals surface area (Å²) in [6.07, 6.45) is 16.3. The van der Waals surface area contributed by atoms with Gasteiger partial charge in [0.1, 0.15) is 18.3 Å². The Morgan fingerprint density at radius 3 is 2.79 bits per heavy atom. The second-order valence-electron chi connectivity index (χ2n) is 11.2. The molecule has 0 aliphatic carbocycles. The van der Waals surface area contributed by atoms with E-state index in [0.717, 1.165) is 31.3 Å². The van der Waals surface area contributed by atoms with Crippen molar-refractivity contribution in [2.75, 3.05) is 13.7 Å². The van der Waals surface area contributed by atoms with Crippen LogP contribution in [0.15, 0.2) is 60.3 Å². The summed E-state index contributed by atoms with van der Waals surface area (Å²) >= 11 is 0. The Bertz CT molecular complexity index is 935. The number of carbonyl (C=O) groups excluding carboxylic acids is 1. The minimum atomic E-state index is -0.644. The van der Waals surface area contributed by atoms with Gasteiger partial charge in [0, 0.05) is 19.6 Å². The van der Waals surface area contributed by atoms with Crippen molar-refractivity contribution >= 4 is 5.97 Å². The van der Waals surface area contributed by atoms with E-state index in [4.69, 9.17) is 23.7 Å². The lowest BCUT2D eigenvalue weighted by Gasteiger charge is -2.28. The Balaban J connectivity index is 1.47. The monoisotopic (exact) mass is 528 g/mol. The highest BCUT2D eigenvalue weighted by molar-refractivity contribution is 5.82. The van der Waals surface area contributed by atoms with Crippen LogP contribution >= 0.6 is 0 Å². The summed E-state index contributed by atoms with van der Waals surface area (Å²) in [4.78, 5) is 12.8. The number of hydrogen-bond donors (Lipinski definition) is 1.